The maximum Gasteiger partial charge on any atom is 0.213 e. The zero-order valence-corrected chi connectivity index (χ0v) is 12.3. The van der Waals surface area contributed by atoms with Gasteiger partial charge in [-0.15, -0.1) is 0 Å². The predicted molar refractivity (Wildman–Crippen MR) is 85.8 cm³/mol. The van der Waals surface area contributed by atoms with Crippen LogP contribution >= 0.6 is 0 Å². The van der Waals surface area contributed by atoms with Crippen LogP contribution in [0, 0.1) is 0 Å². The average molecular weight is 278 g/mol. The number of allylic oxidation sites excluding steroid dienone is 4. The van der Waals surface area contributed by atoms with E-state index < -0.39 is 0 Å². The number of nitrogens with one attached hydrogen (secondary N) is 1. The number of hydrogen-bond donors (Lipinski definition) is 1. The minimum absolute atomic E-state index is 0.0126. The van der Waals surface area contributed by atoms with Crippen molar-refractivity contribution in [1.82, 2.24) is 5.32 Å². The van der Waals surface area contributed by atoms with Crippen LogP contribution in [-0.2, 0) is 4.79 Å². The number of ketones is 1. The second-order valence-corrected chi connectivity index (χ2v) is 5.29. The van der Waals surface area contributed by atoms with E-state index in [0.717, 1.165) is 17.1 Å². The second kappa shape index (κ2) is 4.77. The first-order valence-corrected chi connectivity index (χ1v) is 6.97. The summed E-state index contributed by atoms with van der Waals surface area (Å²) in [6.45, 7) is 9.61. The van der Waals surface area contributed by atoms with E-state index in [4.69, 9.17) is 0 Å². The van der Waals surface area contributed by atoms with Crippen molar-refractivity contribution in [1.29, 1.82) is 0 Å². The molecule has 3 rings (SSSR count). The standard InChI is InChI=1S/C18H18N2O/c1-5-12-14(6-2)19-16(18(12)21)17-11(3)13-9-7-8-10-15(13)20(17)4/h5-11,19H,1-2H2,3-4H3/b17-16+. The quantitative estimate of drug-likeness (QED) is 0.843. The summed E-state index contributed by atoms with van der Waals surface area (Å²) in [5.74, 6) is 0.161. The Balaban J connectivity index is 2.13. The van der Waals surface area contributed by atoms with Crippen LogP contribution < -0.4 is 10.2 Å². The van der Waals surface area contributed by atoms with E-state index in [2.05, 4.69) is 42.4 Å². The molecule has 1 atom stereocenters. The van der Waals surface area contributed by atoms with Crippen LogP contribution in [0.2, 0.25) is 0 Å². The van der Waals surface area contributed by atoms with Crippen LogP contribution in [0.25, 0.3) is 0 Å². The van der Waals surface area contributed by atoms with Gasteiger partial charge in [0.05, 0.1) is 5.70 Å². The SMILES string of the molecule is C=CC1=C(C=C)C(=O)/C(=C2/C(C)c3ccccc3N2C)N1. The molecule has 3 nitrogen and oxygen atoms in total. The van der Waals surface area contributed by atoms with Crippen molar-refractivity contribution >= 4 is 11.5 Å². The monoisotopic (exact) mass is 278 g/mol. The summed E-state index contributed by atoms with van der Waals surface area (Å²) in [4.78, 5) is 14.7. The largest absolute Gasteiger partial charge is 0.350 e. The van der Waals surface area contributed by atoms with E-state index in [9.17, 15) is 4.79 Å². The first-order chi connectivity index (χ1) is 10.1. The van der Waals surface area contributed by atoms with Gasteiger partial charge in [-0.2, -0.15) is 0 Å². The highest BCUT2D eigenvalue weighted by Crippen LogP contribution is 2.44. The molecule has 0 amide bonds. The molecule has 0 fully saturated rings. The van der Waals surface area contributed by atoms with E-state index in [1.54, 1.807) is 12.2 Å². The van der Waals surface area contributed by atoms with Crippen LogP contribution in [0.1, 0.15) is 18.4 Å². The molecule has 0 radical (unpaired) electrons. The molecule has 1 N–H and O–H groups in total. The Kier molecular flexibility index (Phi) is 3.05. The van der Waals surface area contributed by atoms with Crippen molar-refractivity contribution in [3.8, 4) is 0 Å². The van der Waals surface area contributed by atoms with Gasteiger partial charge in [-0.05, 0) is 17.7 Å². The zero-order chi connectivity index (χ0) is 15.1. The molecule has 21 heavy (non-hydrogen) atoms. The Bertz CT molecular complexity index is 693. The van der Waals surface area contributed by atoms with Gasteiger partial charge in [-0.1, -0.05) is 44.4 Å². The van der Waals surface area contributed by atoms with Gasteiger partial charge in [-0.3, -0.25) is 4.79 Å². The molecule has 0 aliphatic carbocycles. The van der Waals surface area contributed by atoms with Crippen molar-refractivity contribution in [2.75, 3.05) is 11.9 Å². The fourth-order valence-corrected chi connectivity index (χ4v) is 3.17. The molecule has 1 aromatic carbocycles. The van der Waals surface area contributed by atoms with E-state index in [1.165, 1.54) is 5.56 Å². The maximum absolute atomic E-state index is 12.6. The van der Waals surface area contributed by atoms with E-state index in [-0.39, 0.29) is 11.7 Å². The zero-order valence-electron chi connectivity index (χ0n) is 12.3. The van der Waals surface area contributed by atoms with Crippen LogP contribution in [0.3, 0.4) is 0 Å². The fraction of sp³-hybridized carbons (Fsp3) is 0.167. The number of anilines is 1. The highest BCUT2D eigenvalue weighted by molar-refractivity contribution is 6.14. The highest BCUT2D eigenvalue weighted by atomic mass is 16.1. The minimum atomic E-state index is -0.0126. The number of rotatable bonds is 2. The molecule has 1 aromatic rings. The number of benzene rings is 1. The Hall–Kier alpha value is -2.55. The minimum Gasteiger partial charge on any atom is -0.350 e. The third-order valence-electron chi connectivity index (χ3n) is 4.22. The van der Waals surface area contributed by atoms with Crippen molar-refractivity contribution in [3.05, 3.63) is 77.8 Å². The van der Waals surface area contributed by atoms with Gasteiger partial charge in [0.25, 0.3) is 0 Å². The number of Topliss-reactive ketones (excluding diaryl/α,β-unsaturated/α-hetero) is 1. The third-order valence-corrected chi connectivity index (χ3v) is 4.22. The summed E-state index contributed by atoms with van der Waals surface area (Å²) >= 11 is 0. The molecule has 106 valence electrons. The van der Waals surface area contributed by atoms with Crippen LogP contribution in [-0.4, -0.2) is 12.8 Å². The average Bonchev–Trinajstić information content (AvgIpc) is 2.95. The van der Waals surface area contributed by atoms with Gasteiger partial charge in [0.1, 0.15) is 5.70 Å². The Morgan fingerprint density at radius 1 is 1.24 bits per heavy atom. The molecule has 0 bridgehead atoms. The number of carbonyl (C=O) groups is 1. The summed E-state index contributed by atoms with van der Waals surface area (Å²) in [5.41, 5.74) is 5.33. The predicted octanol–water partition coefficient (Wildman–Crippen LogP) is 3.25. The normalized spacial score (nSPS) is 24.2. The van der Waals surface area contributed by atoms with Crippen molar-refractivity contribution in [3.63, 3.8) is 0 Å². The molecule has 2 aliphatic rings. The van der Waals surface area contributed by atoms with E-state index in [0.29, 0.717) is 11.3 Å². The summed E-state index contributed by atoms with van der Waals surface area (Å²) in [6, 6.07) is 8.24. The lowest BCUT2D eigenvalue weighted by Crippen LogP contribution is -2.22. The molecule has 0 saturated carbocycles. The van der Waals surface area contributed by atoms with Crippen molar-refractivity contribution in [2.24, 2.45) is 0 Å². The molecule has 2 aliphatic heterocycles. The van der Waals surface area contributed by atoms with Crippen molar-refractivity contribution in [2.45, 2.75) is 12.8 Å². The van der Waals surface area contributed by atoms with Gasteiger partial charge >= 0.3 is 0 Å². The number of fused-ring (bicyclic) bond motifs is 1. The van der Waals surface area contributed by atoms with Gasteiger partial charge < -0.3 is 10.2 Å². The smallest absolute Gasteiger partial charge is 0.213 e. The van der Waals surface area contributed by atoms with Crippen LogP contribution in [0.5, 0.6) is 0 Å². The topological polar surface area (TPSA) is 32.3 Å². The third kappa shape index (κ3) is 1.77. The second-order valence-electron chi connectivity index (χ2n) is 5.29. The molecular weight excluding hydrogens is 260 g/mol. The van der Waals surface area contributed by atoms with Gasteiger partial charge in [0.2, 0.25) is 5.78 Å². The summed E-state index contributed by atoms with van der Waals surface area (Å²) in [5, 5.41) is 3.21. The van der Waals surface area contributed by atoms with Crippen LogP contribution in [0.4, 0.5) is 5.69 Å². The maximum atomic E-state index is 12.6. The highest BCUT2D eigenvalue weighted by Gasteiger charge is 2.36. The summed E-state index contributed by atoms with van der Waals surface area (Å²) in [6.07, 6.45) is 3.25. The molecule has 1 unspecified atom stereocenters. The molecule has 0 saturated heterocycles. The molecule has 3 heteroatoms. The van der Waals surface area contributed by atoms with Crippen molar-refractivity contribution < 1.29 is 4.79 Å². The summed E-state index contributed by atoms with van der Waals surface area (Å²) in [7, 11) is 2.00. The van der Waals surface area contributed by atoms with Gasteiger partial charge in [-0.25, -0.2) is 0 Å². The Labute approximate surface area is 125 Å². The van der Waals surface area contributed by atoms with Gasteiger partial charge in [0.15, 0.2) is 0 Å². The van der Waals surface area contributed by atoms with Gasteiger partial charge in [0, 0.05) is 29.9 Å². The Morgan fingerprint density at radius 2 is 1.95 bits per heavy atom. The number of para-hydroxylation sites is 1. The molecular formula is C18H18N2O. The van der Waals surface area contributed by atoms with E-state index >= 15 is 0 Å². The number of hydrogen-bond acceptors (Lipinski definition) is 3. The number of carbonyl (C=O) groups excluding carboxylic acids is 1. The molecule has 0 aromatic heterocycles. The molecule has 2 heterocycles. The van der Waals surface area contributed by atoms with Crippen LogP contribution in [0.15, 0.2) is 72.2 Å². The first-order valence-electron chi connectivity index (χ1n) is 6.97. The molecule has 0 spiro atoms. The number of likely N-dealkylation sites (N-methyl/N-ethyl adjacent to an activating group) is 1. The lowest BCUT2D eigenvalue weighted by atomic mass is 9.98. The first kappa shape index (κ1) is 13.4. The lowest BCUT2D eigenvalue weighted by molar-refractivity contribution is -0.111. The lowest BCUT2D eigenvalue weighted by Gasteiger charge is -2.19. The number of nitrogens with zero attached hydrogens (tertiary/aromatic N) is 1. The van der Waals surface area contributed by atoms with E-state index in [1.807, 2.05) is 19.2 Å². The fourth-order valence-electron chi connectivity index (χ4n) is 3.17. The Morgan fingerprint density at radius 3 is 2.52 bits per heavy atom. The summed E-state index contributed by atoms with van der Waals surface area (Å²) < 4.78 is 0.